The van der Waals surface area contributed by atoms with Gasteiger partial charge in [-0.1, -0.05) is 11.6 Å². The maximum absolute atomic E-state index is 8.29. The molecule has 5 heteroatoms. The maximum Gasteiger partial charge on any atom is 0.129 e. The zero-order valence-electron chi connectivity index (χ0n) is 11.2. The van der Waals surface area contributed by atoms with Crippen LogP contribution in [0.25, 0.3) is 16.6 Å². The molecular formula is C15H16ClN4+. The van der Waals surface area contributed by atoms with Gasteiger partial charge in [0, 0.05) is 23.4 Å². The van der Waals surface area contributed by atoms with E-state index in [2.05, 4.69) is 9.97 Å². The summed E-state index contributed by atoms with van der Waals surface area (Å²) in [5.41, 5.74) is 4.15. The van der Waals surface area contributed by atoms with Gasteiger partial charge in [0.05, 0.1) is 23.7 Å². The predicted molar refractivity (Wildman–Crippen MR) is 80.8 cm³/mol. The van der Waals surface area contributed by atoms with E-state index in [1.165, 1.54) is 0 Å². The number of nitrogens with one attached hydrogen (secondary N) is 1. The van der Waals surface area contributed by atoms with Gasteiger partial charge < -0.3 is 10.7 Å². The number of fused-ring (bicyclic) bond motifs is 1. The van der Waals surface area contributed by atoms with E-state index in [1.54, 1.807) is 6.07 Å². The highest BCUT2D eigenvalue weighted by molar-refractivity contribution is 6.29. The second-order valence-electron chi connectivity index (χ2n) is 5.00. The fourth-order valence-electron chi connectivity index (χ4n) is 2.23. The van der Waals surface area contributed by atoms with Crippen LogP contribution in [0.2, 0.25) is 5.15 Å². The summed E-state index contributed by atoms with van der Waals surface area (Å²) in [6, 6.07) is 5.55. The Balaban J connectivity index is 2.06. The molecule has 102 valence electrons. The normalized spacial score (nSPS) is 15.6. The van der Waals surface area contributed by atoms with E-state index in [1.807, 2.05) is 36.9 Å². The van der Waals surface area contributed by atoms with Gasteiger partial charge in [0.15, 0.2) is 0 Å². The summed E-state index contributed by atoms with van der Waals surface area (Å²) in [7, 11) is 1.96. The van der Waals surface area contributed by atoms with E-state index < -0.39 is 0 Å². The van der Waals surface area contributed by atoms with Gasteiger partial charge in [0.25, 0.3) is 0 Å². The quantitative estimate of drug-likeness (QED) is 0.669. The molecule has 0 spiro atoms. The number of pyridine rings is 2. The first-order chi connectivity index (χ1) is 9.69. The van der Waals surface area contributed by atoms with Crippen molar-refractivity contribution >= 4 is 33.9 Å². The van der Waals surface area contributed by atoms with Crippen molar-refractivity contribution in [2.24, 2.45) is 5.92 Å². The van der Waals surface area contributed by atoms with Crippen LogP contribution in [0, 0.1) is 11.3 Å². The van der Waals surface area contributed by atoms with E-state index in [0.29, 0.717) is 16.8 Å². The number of allylic oxidation sites excluding steroid dienone is 1. The number of nitrogens with zero attached hydrogens (tertiary/aromatic N) is 2. The highest BCUT2D eigenvalue weighted by atomic mass is 35.5. The molecule has 3 N–H and O–H groups in total. The van der Waals surface area contributed by atoms with Crippen molar-refractivity contribution in [1.82, 2.24) is 9.97 Å². The van der Waals surface area contributed by atoms with Crippen LogP contribution in [0.15, 0.2) is 30.6 Å². The monoisotopic (exact) mass is 287 g/mol. The van der Waals surface area contributed by atoms with E-state index in [0.717, 1.165) is 35.0 Å². The van der Waals surface area contributed by atoms with Gasteiger partial charge in [-0.25, -0.2) is 4.98 Å². The third-order valence-corrected chi connectivity index (χ3v) is 3.63. The molecule has 0 aromatic carbocycles. The Hall–Kier alpha value is -1.78. The lowest BCUT2D eigenvalue weighted by molar-refractivity contribution is -0.555. The molecule has 1 aliphatic carbocycles. The minimum atomic E-state index is 0.407. The van der Waals surface area contributed by atoms with Crippen LogP contribution in [0.1, 0.15) is 18.4 Å². The van der Waals surface area contributed by atoms with Gasteiger partial charge >= 0.3 is 0 Å². The van der Waals surface area contributed by atoms with Crippen LogP contribution in [-0.2, 0) is 0 Å². The van der Waals surface area contributed by atoms with E-state index in [9.17, 15) is 0 Å². The average molecular weight is 288 g/mol. The van der Waals surface area contributed by atoms with Crippen molar-refractivity contribution in [3.8, 4) is 0 Å². The maximum atomic E-state index is 8.29. The van der Waals surface area contributed by atoms with Gasteiger partial charge in [0.1, 0.15) is 11.4 Å². The third kappa shape index (κ3) is 2.57. The Morgan fingerprint density at radius 3 is 2.90 bits per heavy atom. The van der Waals surface area contributed by atoms with Crippen molar-refractivity contribution in [2.75, 3.05) is 7.05 Å². The SMILES string of the molecule is C[NH2+]/C=C(\C(=N)C1CC1)c1cnc2ccc(Cl)nc2c1. The molecule has 0 unspecified atom stereocenters. The summed E-state index contributed by atoms with van der Waals surface area (Å²) in [4.78, 5) is 8.71. The van der Waals surface area contributed by atoms with E-state index in [-0.39, 0.29) is 0 Å². The first-order valence-electron chi connectivity index (χ1n) is 6.70. The lowest BCUT2D eigenvalue weighted by Crippen LogP contribution is -2.73. The Morgan fingerprint density at radius 2 is 2.20 bits per heavy atom. The summed E-state index contributed by atoms with van der Waals surface area (Å²) < 4.78 is 0. The van der Waals surface area contributed by atoms with Crippen LogP contribution >= 0.6 is 11.6 Å². The van der Waals surface area contributed by atoms with Gasteiger partial charge in [-0.3, -0.25) is 4.98 Å². The summed E-state index contributed by atoms with van der Waals surface area (Å²) in [6.45, 7) is 0. The highest BCUT2D eigenvalue weighted by Gasteiger charge is 2.29. The molecular weight excluding hydrogens is 272 g/mol. The number of halogens is 1. The molecule has 1 aliphatic rings. The van der Waals surface area contributed by atoms with Crippen molar-refractivity contribution in [1.29, 1.82) is 5.41 Å². The highest BCUT2D eigenvalue weighted by Crippen LogP contribution is 2.35. The fourth-order valence-corrected chi connectivity index (χ4v) is 2.38. The number of quaternary nitrogens is 1. The summed E-state index contributed by atoms with van der Waals surface area (Å²) in [5.74, 6) is 0.407. The Bertz CT molecular complexity index is 704. The number of rotatable bonds is 4. The predicted octanol–water partition coefficient (Wildman–Crippen LogP) is 2.25. The molecule has 3 rings (SSSR count). The molecule has 20 heavy (non-hydrogen) atoms. The van der Waals surface area contributed by atoms with E-state index >= 15 is 0 Å². The zero-order valence-corrected chi connectivity index (χ0v) is 12.0. The summed E-state index contributed by atoms with van der Waals surface area (Å²) >= 11 is 5.93. The average Bonchev–Trinajstić information content (AvgIpc) is 3.28. The Labute approximate surface area is 122 Å². The van der Waals surface area contributed by atoms with Crippen molar-refractivity contribution in [2.45, 2.75) is 12.8 Å². The molecule has 0 atom stereocenters. The molecule has 0 aliphatic heterocycles. The molecule has 0 radical (unpaired) electrons. The topological polar surface area (TPSA) is 66.2 Å². The standard InChI is InChI=1S/C15H15ClN4/c1-18-8-11(15(17)9-2-3-9)10-6-13-12(19-7-10)4-5-14(16)20-13/h4-9,17-18H,2-3H2,1H3/p+1/b11-8-,17-15?. The van der Waals surface area contributed by atoms with Crippen molar-refractivity contribution < 1.29 is 5.32 Å². The van der Waals surface area contributed by atoms with Crippen LogP contribution < -0.4 is 5.32 Å². The van der Waals surface area contributed by atoms with Gasteiger partial charge in [-0.05, 0) is 31.0 Å². The molecule has 2 heterocycles. The van der Waals surface area contributed by atoms with Crippen molar-refractivity contribution in [3.05, 3.63) is 41.3 Å². The summed E-state index contributed by atoms with van der Waals surface area (Å²) in [6.07, 6.45) is 6.02. The second kappa shape index (κ2) is 5.31. The molecule has 0 amide bonds. The van der Waals surface area contributed by atoms with Crippen LogP contribution in [0.5, 0.6) is 0 Å². The van der Waals surface area contributed by atoms with Gasteiger partial charge in [-0.2, -0.15) is 0 Å². The van der Waals surface area contributed by atoms with Crippen molar-refractivity contribution in [3.63, 3.8) is 0 Å². The molecule has 1 fully saturated rings. The molecule has 0 saturated heterocycles. The minimum absolute atomic E-state index is 0.407. The molecule has 1 saturated carbocycles. The number of hydrogen-bond acceptors (Lipinski definition) is 3. The Kier molecular flexibility index (Phi) is 3.51. The van der Waals surface area contributed by atoms with E-state index in [4.69, 9.17) is 17.0 Å². The molecule has 2 aromatic rings. The minimum Gasteiger partial charge on any atom is -0.322 e. The largest absolute Gasteiger partial charge is 0.322 e. The second-order valence-corrected chi connectivity index (χ2v) is 5.39. The zero-order chi connectivity index (χ0) is 14.1. The van der Waals surface area contributed by atoms with Crippen LogP contribution in [-0.4, -0.2) is 22.7 Å². The molecule has 0 bridgehead atoms. The molecule has 4 nitrogen and oxygen atoms in total. The van der Waals surface area contributed by atoms with Crippen LogP contribution in [0.3, 0.4) is 0 Å². The number of nitrogens with two attached hydrogens (primary N) is 1. The summed E-state index contributed by atoms with van der Waals surface area (Å²) in [5, 5.41) is 10.7. The smallest absolute Gasteiger partial charge is 0.129 e. The fraction of sp³-hybridized carbons (Fsp3) is 0.267. The molecule has 2 aromatic heterocycles. The number of hydrogen-bond donors (Lipinski definition) is 2. The third-order valence-electron chi connectivity index (χ3n) is 3.42. The number of aromatic nitrogens is 2. The Morgan fingerprint density at radius 1 is 1.40 bits per heavy atom. The lowest BCUT2D eigenvalue weighted by Gasteiger charge is -2.08. The first kappa shape index (κ1) is 13.2. The van der Waals surface area contributed by atoms with Gasteiger partial charge in [-0.15, -0.1) is 0 Å². The van der Waals surface area contributed by atoms with Crippen LogP contribution in [0.4, 0.5) is 0 Å². The van der Waals surface area contributed by atoms with Gasteiger partial charge in [0.2, 0.25) is 0 Å². The lowest BCUT2D eigenvalue weighted by atomic mass is 10.00. The first-order valence-corrected chi connectivity index (χ1v) is 7.08.